The van der Waals surface area contributed by atoms with E-state index < -0.39 is 9.84 Å². The highest BCUT2D eigenvalue weighted by atomic mass is 35.5. The van der Waals surface area contributed by atoms with Crippen LogP contribution < -0.4 is 0 Å². The third kappa shape index (κ3) is 3.59. The Morgan fingerprint density at radius 3 is 2.08 bits per heavy atom. The van der Waals surface area contributed by atoms with Gasteiger partial charge in [0.25, 0.3) is 0 Å². The number of nitrogens with zero attached hydrogens (tertiary/aromatic N) is 2. The number of benzene rings is 2. The zero-order chi connectivity index (χ0) is 17.3. The molecule has 0 fully saturated rings. The zero-order valence-corrected chi connectivity index (χ0v) is 14.9. The SMILES string of the molecule is CS(=O)(=O)c1nc2cc(Cl)c(Cl)cc2nc1/C=C/c1ccccc1. The Hall–Kier alpha value is -1.95. The Morgan fingerprint density at radius 1 is 0.917 bits per heavy atom. The second kappa shape index (κ2) is 6.51. The molecule has 0 spiro atoms. The molecule has 0 bridgehead atoms. The lowest BCUT2D eigenvalue weighted by atomic mass is 10.2. The second-order valence-corrected chi connectivity index (χ2v) is 7.93. The molecule has 0 atom stereocenters. The summed E-state index contributed by atoms with van der Waals surface area (Å²) < 4.78 is 24.1. The molecular formula is C17H12Cl2N2O2S. The lowest BCUT2D eigenvalue weighted by Gasteiger charge is -2.06. The number of hydrogen-bond donors (Lipinski definition) is 0. The summed E-state index contributed by atoms with van der Waals surface area (Å²) >= 11 is 12.0. The van der Waals surface area contributed by atoms with Crippen molar-refractivity contribution in [3.8, 4) is 0 Å². The zero-order valence-electron chi connectivity index (χ0n) is 12.6. The molecule has 0 saturated heterocycles. The minimum atomic E-state index is -3.55. The van der Waals surface area contributed by atoms with Crippen LogP contribution in [0, 0.1) is 0 Å². The van der Waals surface area contributed by atoms with Gasteiger partial charge >= 0.3 is 0 Å². The van der Waals surface area contributed by atoms with Gasteiger partial charge in [-0.05, 0) is 23.8 Å². The highest BCUT2D eigenvalue weighted by Crippen LogP contribution is 2.28. The molecule has 0 aliphatic heterocycles. The van der Waals surface area contributed by atoms with Gasteiger partial charge in [0.05, 0.1) is 21.1 Å². The molecule has 0 aliphatic carbocycles. The third-order valence-corrected chi connectivity index (χ3v) is 5.01. The average Bonchev–Trinajstić information content (AvgIpc) is 2.53. The number of aromatic nitrogens is 2. The summed E-state index contributed by atoms with van der Waals surface area (Å²) in [5, 5.41) is 0.537. The van der Waals surface area contributed by atoms with Crippen LogP contribution in [0.25, 0.3) is 23.2 Å². The number of sulfone groups is 1. The molecule has 0 radical (unpaired) electrons. The Labute approximate surface area is 149 Å². The Kier molecular flexibility index (Phi) is 4.58. The maximum atomic E-state index is 12.1. The molecule has 4 nitrogen and oxygen atoms in total. The second-order valence-electron chi connectivity index (χ2n) is 5.19. The summed E-state index contributed by atoms with van der Waals surface area (Å²) in [7, 11) is -3.55. The smallest absolute Gasteiger partial charge is 0.194 e. The molecule has 0 amide bonds. The van der Waals surface area contributed by atoms with Gasteiger partial charge in [0.2, 0.25) is 0 Å². The Balaban J connectivity index is 2.21. The molecule has 1 aromatic heterocycles. The van der Waals surface area contributed by atoms with Gasteiger partial charge in [-0.15, -0.1) is 0 Å². The molecule has 3 aromatic rings. The normalized spacial score (nSPS) is 12.1. The van der Waals surface area contributed by atoms with Crippen LogP contribution in [0.4, 0.5) is 0 Å². The van der Waals surface area contributed by atoms with E-state index in [9.17, 15) is 8.42 Å². The van der Waals surface area contributed by atoms with Crippen LogP contribution in [-0.2, 0) is 9.84 Å². The summed E-state index contributed by atoms with van der Waals surface area (Å²) in [5.41, 5.74) is 2.03. The number of hydrogen-bond acceptors (Lipinski definition) is 4. The number of rotatable bonds is 3. The fraction of sp³-hybridized carbons (Fsp3) is 0.0588. The first-order valence-corrected chi connectivity index (χ1v) is 9.59. The van der Waals surface area contributed by atoms with Crippen molar-refractivity contribution in [2.75, 3.05) is 6.26 Å². The van der Waals surface area contributed by atoms with Gasteiger partial charge in [0, 0.05) is 6.26 Å². The maximum Gasteiger partial charge on any atom is 0.194 e. The first kappa shape index (κ1) is 16.9. The molecule has 0 N–H and O–H groups in total. The lowest BCUT2D eigenvalue weighted by Crippen LogP contribution is -2.06. The summed E-state index contributed by atoms with van der Waals surface area (Å²) in [6.07, 6.45) is 4.50. The van der Waals surface area contributed by atoms with E-state index in [2.05, 4.69) is 9.97 Å². The maximum absolute atomic E-state index is 12.1. The highest BCUT2D eigenvalue weighted by Gasteiger charge is 2.17. The molecule has 2 aromatic carbocycles. The van der Waals surface area contributed by atoms with E-state index in [0.717, 1.165) is 11.8 Å². The van der Waals surface area contributed by atoms with Gasteiger partial charge < -0.3 is 0 Å². The van der Waals surface area contributed by atoms with Crippen molar-refractivity contribution < 1.29 is 8.42 Å². The fourth-order valence-corrected chi connectivity index (χ4v) is 3.24. The van der Waals surface area contributed by atoms with Crippen molar-refractivity contribution in [3.63, 3.8) is 0 Å². The number of halogens is 2. The molecule has 3 rings (SSSR count). The lowest BCUT2D eigenvalue weighted by molar-refractivity contribution is 0.598. The van der Waals surface area contributed by atoms with Gasteiger partial charge in [0.15, 0.2) is 14.9 Å². The monoisotopic (exact) mass is 378 g/mol. The molecule has 0 unspecified atom stereocenters. The average molecular weight is 379 g/mol. The van der Waals surface area contributed by atoms with Gasteiger partial charge in [0.1, 0.15) is 5.69 Å². The Bertz CT molecular complexity index is 1050. The van der Waals surface area contributed by atoms with E-state index in [0.29, 0.717) is 21.1 Å². The standard InChI is InChI=1S/C17H12Cl2N2O2S/c1-24(22,23)17-14(8-7-11-5-3-2-4-6-11)20-15-9-12(18)13(19)10-16(15)21-17/h2-10H,1H3/b8-7+. The van der Waals surface area contributed by atoms with Gasteiger partial charge in [-0.2, -0.15) is 0 Å². The van der Waals surface area contributed by atoms with E-state index in [1.54, 1.807) is 18.2 Å². The van der Waals surface area contributed by atoms with Crippen molar-refractivity contribution in [1.29, 1.82) is 0 Å². The summed E-state index contributed by atoms with van der Waals surface area (Å²) in [5.74, 6) is 0. The predicted molar refractivity (Wildman–Crippen MR) is 98.0 cm³/mol. The predicted octanol–water partition coefficient (Wildman–Crippen LogP) is 4.51. The van der Waals surface area contributed by atoms with Crippen molar-refractivity contribution in [1.82, 2.24) is 9.97 Å². The van der Waals surface area contributed by atoms with E-state index in [1.807, 2.05) is 30.3 Å². The fourth-order valence-electron chi connectivity index (χ4n) is 2.17. The Morgan fingerprint density at radius 2 is 1.50 bits per heavy atom. The quantitative estimate of drug-likeness (QED) is 0.672. The molecule has 0 saturated carbocycles. The van der Waals surface area contributed by atoms with Crippen LogP contribution in [0.5, 0.6) is 0 Å². The third-order valence-electron chi connectivity index (χ3n) is 3.28. The molecule has 0 aliphatic rings. The molecule has 24 heavy (non-hydrogen) atoms. The largest absolute Gasteiger partial charge is 0.244 e. The molecule has 7 heteroatoms. The van der Waals surface area contributed by atoms with Gasteiger partial charge in [-0.1, -0.05) is 59.6 Å². The summed E-state index contributed by atoms with van der Waals surface area (Å²) in [6.45, 7) is 0. The van der Waals surface area contributed by atoms with Crippen molar-refractivity contribution in [2.24, 2.45) is 0 Å². The minimum absolute atomic E-state index is 0.0967. The molecular weight excluding hydrogens is 367 g/mol. The van der Waals surface area contributed by atoms with Crippen LogP contribution in [0.3, 0.4) is 0 Å². The van der Waals surface area contributed by atoms with Crippen LogP contribution >= 0.6 is 23.2 Å². The van der Waals surface area contributed by atoms with E-state index in [-0.39, 0.29) is 10.7 Å². The summed E-state index contributed by atoms with van der Waals surface area (Å²) in [6, 6.07) is 12.6. The van der Waals surface area contributed by atoms with Crippen LogP contribution in [0.2, 0.25) is 10.0 Å². The minimum Gasteiger partial charge on any atom is -0.244 e. The molecule has 122 valence electrons. The van der Waals surface area contributed by atoms with Crippen molar-refractivity contribution in [2.45, 2.75) is 5.03 Å². The number of fused-ring (bicyclic) bond motifs is 1. The first-order valence-electron chi connectivity index (χ1n) is 6.94. The van der Waals surface area contributed by atoms with E-state index in [1.165, 1.54) is 6.07 Å². The molecule has 1 heterocycles. The first-order chi connectivity index (χ1) is 11.3. The van der Waals surface area contributed by atoms with Crippen LogP contribution in [0.15, 0.2) is 47.5 Å². The summed E-state index contributed by atoms with van der Waals surface area (Å²) in [4.78, 5) is 8.60. The van der Waals surface area contributed by atoms with Crippen molar-refractivity contribution in [3.05, 3.63) is 63.8 Å². The highest BCUT2D eigenvalue weighted by molar-refractivity contribution is 7.90. The van der Waals surface area contributed by atoms with Crippen LogP contribution in [-0.4, -0.2) is 24.6 Å². The van der Waals surface area contributed by atoms with E-state index in [4.69, 9.17) is 23.2 Å². The van der Waals surface area contributed by atoms with E-state index >= 15 is 0 Å². The van der Waals surface area contributed by atoms with Crippen LogP contribution in [0.1, 0.15) is 11.3 Å². The van der Waals surface area contributed by atoms with Gasteiger partial charge in [-0.3, -0.25) is 0 Å². The topological polar surface area (TPSA) is 59.9 Å². The van der Waals surface area contributed by atoms with Crippen molar-refractivity contribution >= 4 is 56.2 Å². The van der Waals surface area contributed by atoms with Gasteiger partial charge in [-0.25, -0.2) is 18.4 Å².